The lowest BCUT2D eigenvalue weighted by Gasteiger charge is -2.27. The SMILES string of the molecule is Fc1cc(NC2CCCc3ccccc32)cc(F)c1F. The van der Waals surface area contributed by atoms with Gasteiger partial charge in [-0.05, 0) is 30.4 Å². The monoisotopic (exact) mass is 277 g/mol. The molecule has 0 saturated heterocycles. The lowest BCUT2D eigenvalue weighted by molar-refractivity contribution is 0.447. The van der Waals surface area contributed by atoms with Crippen LogP contribution in [-0.2, 0) is 6.42 Å². The van der Waals surface area contributed by atoms with Crippen LogP contribution in [0.5, 0.6) is 0 Å². The third kappa shape index (κ3) is 2.38. The van der Waals surface area contributed by atoms with Gasteiger partial charge in [-0.3, -0.25) is 0 Å². The average molecular weight is 277 g/mol. The Morgan fingerprint density at radius 3 is 2.45 bits per heavy atom. The summed E-state index contributed by atoms with van der Waals surface area (Å²) in [5, 5.41) is 3.10. The van der Waals surface area contributed by atoms with Gasteiger partial charge in [-0.2, -0.15) is 0 Å². The molecule has 0 aliphatic heterocycles. The summed E-state index contributed by atoms with van der Waals surface area (Å²) in [5.41, 5.74) is 2.66. The highest BCUT2D eigenvalue weighted by molar-refractivity contribution is 5.48. The Kier molecular flexibility index (Phi) is 3.38. The molecule has 0 saturated carbocycles. The van der Waals surface area contributed by atoms with E-state index in [0.29, 0.717) is 0 Å². The zero-order valence-corrected chi connectivity index (χ0v) is 10.8. The van der Waals surface area contributed by atoms with Gasteiger partial charge in [0.25, 0.3) is 0 Å². The first-order chi connectivity index (χ1) is 9.65. The Hall–Kier alpha value is -1.97. The van der Waals surface area contributed by atoms with Crippen LogP contribution in [0, 0.1) is 17.5 Å². The minimum atomic E-state index is -1.43. The Morgan fingerprint density at radius 1 is 1.00 bits per heavy atom. The zero-order chi connectivity index (χ0) is 14.1. The van der Waals surface area contributed by atoms with Gasteiger partial charge in [0, 0.05) is 17.8 Å². The molecule has 3 rings (SSSR count). The van der Waals surface area contributed by atoms with Crippen LogP contribution in [0.4, 0.5) is 18.9 Å². The van der Waals surface area contributed by atoms with E-state index in [1.165, 1.54) is 5.56 Å². The van der Waals surface area contributed by atoms with Crippen molar-refractivity contribution in [1.82, 2.24) is 0 Å². The number of rotatable bonds is 2. The molecule has 0 spiro atoms. The predicted molar refractivity (Wildman–Crippen MR) is 72.1 cm³/mol. The molecule has 0 heterocycles. The molecule has 1 aliphatic carbocycles. The minimum Gasteiger partial charge on any atom is -0.378 e. The molecule has 0 amide bonds. The molecule has 0 radical (unpaired) electrons. The molecule has 1 unspecified atom stereocenters. The number of aryl methyl sites for hydroxylation is 1. The number of nitrogens with one attached hydrogen (secondary N) is 1. The number of fused-ring (bicyclic) bond motifs is 1. The lowest BCUT2D eigenvalue weighted by Crippen LogP contribution is -2.17. The lowest BCUT2D eigenvalue weighted by atomic mass is 9.87. The number of benzene rings is 2. The molecule has 4 heteroatoms. The van der Waals surface area contributed by atoms with Crippen LogP contribution in [0.1, 0.15) is 30.0 Å². The molecule has 20 heavy (non-hydrogen) atoms. The quantitative estimate of drug-likeness (QED) is 0.791. The first kappa shape index (κ1) is 13.0. The van der Waals surface area contributed by atoms with Gasteiger partial charge in [-0.15, -0.1) is 0 Å². The first-order valence-corrected chi connectivity index (χ1v) is 6.64. The molecule has 0 aromatic heterocycles. The summed E-state index contributed by atoms with van der Waals surface area (Å²) in [6.07, 6.45) is 2.92. The summed E-state index contributed by atoms with van der Waals surface area (Å²) in [5.74, 6) is -3.77. The highest BCUT2D eigenvalue weighted by Gasteiger charge is 2.20. The molecule has 1 nitrogen and oxygen atoms in total. The summed E-state index contributed by atoms with van der Waals surface area (Å²) in [7, 11) is 0. The van der Waals surface area contributed by atoms with Crippen molar-refractivity contribution in [3.05, 3.63) is 65.0 Å². The van der Waals surface area contributed by atoms with Gasteiger partial charge >= 0.3 is 0 Å². The second kappa shape index (κ2) is 5.19. The molecular weight excluding hydrogens is 263 g/mol. The van der Waals surface area contributed by atoms with Crippen molar-refractivity contribution in [3.63, 3.8) is 0 Å². The van der Waals surface area contributed by atoms with Crippen molar-refractivity contribution in [2.75, 3.05) is 5.32 Å². The predicted octanol–water partition coefficient (Wildman–Crippen LogP) is 4.59. The van der Waals surface area contributed by atoms with E-state index in [9.17, 15) is 13.2 Å². The van der Waals surface area contributed by atoms with Crippen LogP contribution >= 0.6 is 0 Å². The van der Waals surface area contributed by atoms with Crippen LogP contribution < -0.4 is 5.32 Å². The van der Waals surface area contributed by atoms with E-state index < -0.39 is 17.5 Å². The van der Waals surface area contributed by atoms with Gasteiger partial charge in [-0.25, -0.2) is 13.2 Å². The summed E-state index contributed by atoms with van der Waals surface area (Å²) < 4.78 is 39.4. The fourth-order valence-electron chi connectivity index (χ4n) is 2.74. The topological polar surface area (TPSA) is 12.0 Å². The molecular formula is C16H14F3N. The summed E-state index contributed by atoms with van der Waals surface area (Å²) >= 11 is 0. The Labute approximate surface area is 115 Å². The Morgan fingerprint density at radius 2 is 1.70 bits per heavy atom. The van der Waals surface area contributed by atoms with Crippen LogP contribution in [-0.4, -0.2) is 0 Å². The van der Waals surface area contributed by atoms with Crippen LogP contribution in [0.3, 0.4) is 0 Å². The normalized spacial score (nSPS) is 17.6. The molecule has 2 aromatic carbocycles. The highest BCUT2D eigenvalue weighted by atomic mass is 19.2. The van der Waals surface area contributed by atoms with Gasteiger partial charge in [0.1, 0.15) is 0 Å². The van der Waals surface area contributed by atoms with E-state index in [-0.39, 0.29) is 11.7 Å². The van der Waals surface area contributed by atoms with Crippen LogP contribution in [0.25, 0.3) is 0 Å². The molecule has 1 aliphatic rings. The highest BCUT2D eigenvalue weighted by Crippen LogP contribution is 2.32. The molecule has 1 N–H and O–H groups in total. The first-order valence-electron chi connectivity index (χ1n) is 6.64. The average Bonchev–Trinajstić information content (AvgIpc) is 2.45. The second-order valence-corrected chi connectivity index (χ2v) is 5.04. The zero-order valence-electron chi connectivity index (χ0n) is 10.8. The van der Waals surface area contributed by atoms with Crippen molar-refractivity contribution in [1.29, 1.82) is 0 Å². The van der Waals surface area contributed by atoms with Crippen molar-refractivity contribution in [3.8, 4) is 0 Å². The van der Waals surface area contributed by atoms with Gasteiger partial charge < -0.3 is 5.32 Å². The maximum atomic E-state index is 13.2. The van der Waals surface area contributed by atoms with E-state index in [2.05, 4.69) is 11.4 Å². The number of hydrogen-bond acceptors (Lipinski definition) is 1. The molecule has 1 atom stereocenters. The molecule has 104 valence electrons. The molecule has 0 bridgehead atoms. The maximum absolute atomic E-state index is 13.2. The molecule has 2 aromatic rings. The van der Waals surface area contributed by atoms with E-state index in [4.69, 9.17) is 0 Å². The maximum Gasteiger partial charge on any atom is 0.194 e. The van der Waals surface area contributed by atoms with E-state index >= 15 is 0 Å². The van der Waals surface area contributed by atoms with Gasteiger partial charge in [0.15, 0.2) is 17.5 Å². The van der Waals surface area contributed by atoms with Gasteiger partial charge in [0.2, 0.25) is 0 Å². The third-order valence-electron chi connectivity index (χ3n) is 3.69. The smallest absolute Gasteiger partial charge is 0.194 e. The fraction of sp³-hybridized carbons (Fsp3) is 0.250. The van der Waals surface area contributed by atoms with Crippen molar-refractivity contribution >= 4 is 5.69 Å². The van der Waals surface area contributed by atoms with Crippen molar-refractivity contribution < 1.29 is 13.2 Å². The fourth-order valence-corrected chi connectivity index (χ4v) is 2.74. The van der Waals surface area contributed by atoms with Crippen molar-refractivity contribution in [2.24, 2.45) is 0 Å². The summed E-state index contributed by atoms with van der Waals surface area (Å²) in [4.78, 5) is 0. The van der Waals surface area contributed by atoms with Gasteiger partial charge in [-0.1, -0.05) is 24.3 Å². The van der Waals surface area contributed by atoms with Crippen LogP contribution in [0.2, 0.25) is 0 Å². The third-order valence-corrected chi connectivity index (χ3v) is 3.69. The minimum absolute atomic E-state index is 0.00390. The summed E-state index contributed by atoms with van der Waals surface area (Å²) in [6, 6.07) is 10.0. The van der Waals surface area contributed by atoms with E-state index in [1.807, 2.05) is 18.2 Å². The molecule has 0 fully saturated rings. The second-order valence-electron chi connectivity index (χ2n) is 5.04. The van der Waals surface area contributed by atoms with Crippen LogP contribution in [0.15, 0.2) is 36.4 Å². The number of hydrogen-bond donors (Lipinski definition) is 1. The standard InChI is InChI=1S/C16H14F3N/c17-13-8-11(9-14(18)16(13)19)20-15-7-3-5-10-4-1-2-6-12(10)15/h1-2,4,6,8-9,15,20H,3,5,7H2. The van der Waals surface area contributed by atoms with Gasteiger partial charge in [0.05, 0.1) is 6.04 Å². The van der Waals surface area contributed by atoms with E-state index in [1.54, 1.807) is 0 Å². The Bertz CT molecular complexity index is 616. The largest absolute Gasteiger partial charge is 0.378 e. The van der Waals surface area contributed by atoms with Crippen molar-refractivity contribution in [2.45, 2.75) is 25.3 Å². The summed E-state index contributed by atoms with van der Waals surface area (Å²) in [6.45, 7) is 0. The number of anilines is 1. The van der Waals surface area contributed by atoms with E-state index in [0.717, 1.165) is 37.0 Å². The number of halogens is 3. The Balaban J connectivity index is 1.89.